The molecule has 1 heterocycles. The summed E-state index contributed by atoms with van der Waals surface area (Å²) >= 11 is 0. The van der Waals surface area contributed by atoms with Crippen LogP contribution >= 0.6 is 7.82 Å². The zero-order valence-corrected chi connectivity index (χ0v) is 9.71. The molecule has 6 heteroatoms. The molecule has 1 saturated heterocycles. The average Bonchev–Trinajstić information content (AvgIpc) is 2.12. The van der Waals surface area contributed by atoms with Crippen molar-refractivity contribution in [3.05, 3.63) is 0 Å². The number of ether oxygens (including phenoxy) is 1. The maximum Gasteiger partial charge on any atom is 0.474 e. The lowest BCUT2D eigenvalue weighted by Gasteiger charge is -2.32. The predicted octanol–water partition coefficient (Wildman–Crippen LogP) is 1.83. The third-order valence-electron chi connectivity index (χ3n) is 1.76. The molecule has 5 nitrogen and oxygen atoms in total. The van der Waals surface area contributed by atoms with Crippen molar-refractivity contribution in [2.75, 3.05) is 33.5 Å². The van der Waals surface area contributed by atoms with Gasteiger partial charge in [-0.3, -0.25) is 13.6 Å². The topological polar surface area (TPSA) is 54.0 Å². The van der Waals surface area contributed by atoms with Gasteiger partial charge in [0.25, 0.3) is 0 Å². The highest BCUT2D eigenvalue weighted by atomic mass is 31.2. The van der Waals surface area contributed by atoms with E-state index in [4.69, 9.17) is 18.3 Å². The summed E-state index contributed by atoms with van der Waals surface area (Å²) in [6.07, 6.45) is 0. The molecule has 0 unspecified atom stereocenters. The molecule has 0 N–H and O–H groups in total. The number of hydrogen-bond donors (Lipinski definition) is 0. The van der Waals surface area contributed by atoms with Crippen LogP contribution in [0.25, 0.3) is 0 Å². The number of methoxy groups -OCH3 is 1. The molecular formula is C8H17O5P. The summed E-state index contributed by atoms with van der Waals surface area (Å²) in [7, 11) is -1.76. The van der Waals surface area contributed by atoms with E-state index in [2.05, 4.69) is 0 Å². The molecule has 14 heavy (non-hydrogen) atoms. The minimum Gasteiger partial charge on any atom is -0.382 e. The Morgan fingerprint density at radius 3 is 2.36 bits per heavy atom. The molecule has 0 aromatic heterocycles. The van der Waals surface area contributed by atoms with Crippen LogP contribution in [0.5, 0.6) is 0 Å². The molecular weight excluding hydrogens is 207 g/mol. The normalized spacial score (nSPS) is 24.8. The molecule has 1 rings (SSSR count). The van der Waals surface area contributed by atoms with Crippen molar-refractivity contribution >= 4 is 7.82 Å². The van der Waals surface area contributed by atoms with E-state index in [0.717, 1.165) is 0 Å². The van der Waals surface area contributed by atoms with Gasteiger partial charge in [0.2, 0.25) is 0 Å². The van der Waals surface area contributed by atoms with Crippen molar-refractivity contribution in [1.29, 1.82) is 0 Å². The van der Waals surface area contributed by atoms with Gasteiger partial charge in [0.1, 0.15) is 0 Å². The highest BCUT2D eigenvalue weighted by Gasteiger charge is 2.37. The van der Waals surface area contributed by atoms with E-state index in [9.17, 15) is 4.57 Å². The number of hydrogen-bond acceptors (Lipinski definition) is 5. The Bertz CT molecular complexity index is 214. The van der Waals surface area contributed by atoms with E-state index in [-0.39, 0.29) is 12.0 Å². The Hall–Kier alpha value is 0.0700. The van der Waals surface area contributed by atoms with E-state index < -0.39 is 7.82 Å². The summed E-state index contributed by atoms with van der Waals surface area (Å²) in [6.45, 7) is 5.32. The van der Waals surface area contributed by atoms with E-state index >= 15 is 0 Å². The third kappa shape index (κ3) is 3.67. The van der Waals surface area contributed by atoms with E-state index in [1.807, 2.05) is 13.8 Å². The van der Waals surface area contributed by atoms with Crippen molar-refractivity contribution in [2.45, 2.75) is 13.8 Å². The van der Waals surface area contributed by atoms with Crippen LogP contribution in [0.15, 0.2) is 0 Å². The van der Waals surface area contributed by atoms with Crippen LogP contribution in [-0.2, 0) is 22.9 Å². The molecule has 0 atom stereocenters. The van der Waals surface area contributed by atoms with Gasteiger partial charge in [0.15, 0.2) is 0 Å². The summed E-state index contributed by atoms with van der Waals surface area (Å²) in [5.74, 6) is 0. The first-order valence-electron chi connectivity index (χ1n) is 4.50. The summed E-state index contributed by atoms with van der Waals surface area (Å²) in [4.78, 5) is 0. The molecule has 1 aliphatic rings. The molecule has 1 aliphatic heterocycles. The highest BCUT2D eigenvalue weighted by molar-refractivity contribution is 7.48. The fraction of sp³-hybridized carbons (Fsp3) is 1.00. The zero-order chi connectivity index (χ0) is 10.7. The molecule has 0 aromatic carbocycles. The fourth-order valence-corrected chi connectivity index (χ4v) is 2.43. The molecule has 0 radical (unpaired) electrons. The van der Waals surface area contributed by atoms with Crippen LogP contribution in [0, 0.1) is 5.41 Å². The predicted molar refractivity (Wildman–Crippen MR) is 51.1 cm³/mol. The van der Waals surface area contributed by atoms with E-state index in [1.165, 1.54) is 0 Å². The highest BCUT2D eigenvalue weighted by Crippen LogP contribution is 2.54. The Balaban J connectivity index is 2.34. The molecule has 0 spiro atoms. The number of rotatable bonds is 4. The van der Waals surface area contributed by atoms with Gasteiger partial charge in [-0.2, -0.15) is 0 Å². The van der Waals surface area contributed by atoms with Crippen LogP contribution in [-0.4, -0.2) is 33.5 Å². The SMILES string of the molecule is COCCOP1(=O)OCC(C)(C)CO1. The standard InChI is InChI=1S/C8H17O5P/c1-8(2)6-12-14(9,13-7-8)11-5-4-10-3/h4-7H2,1-3H3. The van der Waals surface area contributed by atoms with Gasteiger partial charge in [0.05, 0.1) is 26.4 Å². The fourth-order valence-electron chi connectivity index (χ4n) is 0.893. The van der Waals surface area contributed by atoms with Gasteiger partial charge >= 0.3 is 7.82 Å². The lowest BCUT2D eigenvalue weighted by molar-refractivity contribution is -0.00424. The summed E-state index contributed by atoms with van der Waals surface area (Å²) in [6, 6.07) is 0. The van der Waals surface area contributed by atoms with Crippen LogP contribution < -0.4 is 0 Å². The average molecular weight is 224 g/mol. The van der Waals surface area contributed by atoms with Gasteiger partial charge in [-0.05, 0) is 0 Å². The summed E-state index contributed by atoms with van der Waals surface area (Å²) < 4.78 is 31.6. The lowest BCUT2D eigenvalue weighted by atomic mass is 9.97. The minimum absolute atomic E-state index is 0.0987. The smallest absolute Gasteiger partial charge is 0.382 e. The first-order valence-corrected chi connectivity index (χ1v) is 5.96. The zero-order valence-electron chi connectivity index (χ0n) is 8.82. The van der Waals surface area contributed by atoms with Gasteiger partial charge < -0.3 is 4.74 Å². The molecule has 84 valence electrons. The molecule has 1 fully saturated rings. The van der Waals surface area contributed by atoms with Crippen molar-refractivity contribution in [3.8, 4) is 0 Å². The molecule has 0 amide bonds. The quantitative estimate of drug-likeness (QED) is 0.538. The van der Waals surface area contributed by atoms with Gasteiger partial charge in [-0.1, -0.05) is 13.8 Å². The van der Waals surface area contributed by atoms with Crippen LogP contribution in [0.2, 0.25) is 0 Å². The van der Waals surface area contributed by atoms with Crippen LogP contribution in [0.4, 0.5) is 0 Å². The minimum atomic E-state index is -3.30. The first kappa shape index (κ1) is 12.1. The van der Waals surface area contributed by atoms with Crippen LogP contribution in [0.3, 0.4) is 0 Å². The van der Waals surface area contributed by atoms with E-state index in [1.54, 1.807) is 7.11 Å². The number of phosphoric ester groups is 1. The van der Waals surface area contributed by atoms with Gasteiger partial charge in [-0.15, -0.1) is 0 Å². The second-order valence-electron chi connectivity index (χ2n) is 3.98. The van der Waals surface area contributed by atoms with Crippen LogP contribution in [0.1, 0.15) is 13.8 Å². The molecule has 0 bridgehead atoms. The number of phosphoric acid groups is 1. The Kier molecular flexibility index (Phi) is 4.10. The maximum absolute atomic E-state index is 11.7. The summed E-state index contributed by atoms with van der Waals surface area (Å²) in [5, 5.41) is 0. The Morgan fingerprint density at radius 2 is 1.86 bits per heavy atom. The maximum atomic E-state index is 11.7. The first-order chi connectivity index (χ1) is 6.47. The molecule has 0 saturated carbocycles. The van der Waals surface area contributed by atoms with Gasteiger partial charge in [0, 0.05) is 12.5 Å². The Labute approximate surface area is 84.3 Å². The lowest BCUT2D eigenvalue weighted by Crippen LogP contribution is -2.30. The van der Waals surface area contributed by atoms with E-state index in [0.29, 0.717) is 19.8 Å². The van der Waals surface area contributed by atoms with Crippen molar-refractivity contribution in [2.24, 2.45) is 5.41 Å². The largest absolute Gasteiger partial charge is 0.474 e. The Morgan fingerprint density at radius 1 is 1.29 bits per heavy atom. The van der Waals surface area contributed by atoms with Crippen molar-refractivity contribution in [1.82, 2.24) is 0 Å². The molecule has 0 aliphatic carbocycles. The van der Waals surface area contributed by atoms with Crippen molar-refractivity contribution < 1.29 is 22.9 Å². The second kappa shape index (κ2) is 4.73. The van der Waals surface area contributed by atoms with Gasteiger partial charge in [-0.25, -0.2) is 4.57 Å². The summed E-state index contributed by atoms with van der Waals surface area (Å²) in [5.41, 5.74) is -0.0987. The molecule has 0 aromatic rings. The monoisotopic (exact) mass is 224 g/mol. The van der Waals surface area contributed by atoms with Crippen molar-refractivity contribution in [3.63, 3.8) is 0 Å². The third-order valence-corrected chi connectivity index (χ3v) is 3.15. The second-order valence-corrected chi connectivity index (χ2v) is 5.65.